The van der Waals surface area contributed by atoms with Crippen LogP contribution in [-0.4, -0.2) is 17.4 Å². The number of unbranched alkanes of at least 4 members (excludes halogenated alkanes) is 1. The highest BCUT2D eigenvalue weighted by molar-refractivity contribution is 5.94. The van der Waals surface area contributed by atoms with Crippen molar-refractivity contribution >= 4 is 5.91 Å². The zero-order chi connectivity index (χ0) is 15.5. The third kappa shape index (κ3) is 5.81. The van der Waals surface area contributed by atoms with Gasteiger partial charge >= 0.3 is 0 Å². The third-order valence-electron chi connectivity index (χ3n) is 2.62. The van der Waals surface area contributed by atoms with E-state index in [-0.39, 0.29) is 5.91 Å². The molecule has 0 unspecified atom stereocenters. The Hall–Kier alpha value is -2.10. The molecule has 0 aromatic carbocycles. The molecule has 2 aromatic rings. The lowest BCUT2D eigenvalue weighted by atomic mass is 10.1. The topological polar surface area (TPSA) is 55.1 Å². The Bertz CT molecular complexity index is 521. The molecule has 1 amide bonds. The molecule has 0 bridgehead atoms. The van der Waals surface area contributed by atoms with E-state index in [0.717, 1.165) is 18.4 Å². The quantitative estimate of drug-likeness (QED) is 0.835. The highest BCUT2D eigenvalue weighted by Crippen LogP contribution is 2.19. The van der Waals surface area contributed by atoms with Gasteiger partial charge in [0.1, 0.15) is 5.76 Å². The number of aromatic nitrogens is 1. The van der Waals surface area contributed by atoms with Gasteiger partial charge in [0.05, 0.1) is 11.8 Å². The van der Waals surface area contributed by atoms with Crippen LogP contribution in [0.2, 0.25) is 0 Å². The fourth-order valence-electron chi connectivity index (χ4n) is 1.62. The van der Waals surface area contributed by atoms with E-state index in [1.807, 2.05) is 12.1 Å². The van der Waals surface area contributed by atoms with Crippen molar-refractivity contribution in [2.45, 2.75) is 40.0 Å². The fourth-order valence-corrected chi connectivity index (χ4v) is 1.62. The van der Waals surface area contributed by atoms with Gasteiger partial charge in [-0.1, -0.05) is 33.6 Å². The summed E-state index contributed by atoms with van der Waals surface area (Å²) in [6.45, 7) is 7.03. The summed E-state index contributed by atoms with van der Waals surface area (Å²) in [6.07, 6.45) is 8.14. The standard InChI is InChI=1S/C14H16N2O2.C3H8/c1-2-3-6-16-14(17)12-8-11(9-15-10-12)13-5-4-7-18-13;1-3-2/h4-5,7-10H,2-3,6H2,1H3,(H,16,17);3H2,1-2H3. The van der Waals surface area contributed by atoms with Crippen LogP contribution in [0.15, 0.2) is 41.3 Å². The molecule has 0 aliphatic rings. The van der Waals surface area contributed by atoms with Crippen molar-refractivity contribution in [2.24, 2.45) is 0 Å². The summed E-state index contributed by atoms with van der Waals surface area (Å²) in [6, 6.07) is 5.44. The molecule has 2 rings (SSSR count). The summed E-state index contributed by atoms with van der Waals surface area (Å²) in [4.78, 5) is 15.9. The Balaban J connectivity index is 0.000000677. The van der Waals surface area contributed by atoms with Crippen molar-refractivity contribution in [1.29, 1.82) is 0 Å². The summed E-state index contributed by atoms with van der Waals surface area (Å²) < 4.78 is 5.28. The number of carbonyl (C=O) groups excluding carboxylic acids is 1. The smallest absolute Gasteiger partial charge is 0.252 e. The molecule has 2 heterocycles. The van der Waals surface area contributed by atoms with E-state index in [9.17, 15) is 4.79 Å². The van der Waals surface area contributed by atoms with Gasteiger partial charge in [0.15, 0.2) is 0 Å². The van der Waals surface area contributed by atoms with Crippen LogP contribution in [0, 0.1) is 0 Å². The van der Waals surface area contributed by atoms with Gasteiger partial charge in [-0.2, -0.15) is 0 Å². The molecule has 0 aliphatic heterocycles. The predicted octanol–water partition coefficient (Wildman–Crippen LogP) is 4.29. The predicted molar refractivity (Wildman–Crippen MR) is 85.1 cm³/mol. The Kier molecular flexibility index (Phi) is 7.87. The number of hydrogen-bond acceptors (Lipinski definition) is 3. The van der Waals surface area contributed by atoms with Crippen molar-refractivity contribution in [3.63, 3.8) is 0 Å². The highest BCUT2D eigenvalue weighted by atomic mass is 16.3. The largest absolute Gasteiger partial charge is 0.464 e. The second kappa shape index (κ2) is 9.75. The molecule has 21 heavy (non-hydrogen) atoms. The molecule has 0 saturated heterocycles. The third-order valence-corrected chi connectivity index (χ3v) is 2.62. The molecular formula is C17H24N2O2. The number of amides is 1. The first-order chi connectivity index (χ1) is 10.2. The van der Waals surface area contributed by atoms with Crippen LogP contribution < -0.4 is 5.32 Å². The lowest BCUT2D eigenvalue weighted by Crippen LogP contribution is -2.24. The average molecular weight is 288 g/mol. The molecule has 4 nitrogen and oxygen atoms in total. The van der Waals surface area contributed by atoms with Crippen LogP contribution >= 0.6 is 0 Å². The normalized spacial score (nSPS) is 9.67. The van der Waals surface area contributed by atoms with Crippen LogP contribution in [0.3, 0.4) is 0 Å². The SMILES string of the molecule is CCC.CCCCNC(=O)c1cncc(-c2ccco2)c1. The Morgan fingerprint density at radius 2 is 2.05 bits per heavy atom. The lowest BCUT2D eigenvalue weighted by molar-refractivity contribution is 0.0953. The van der Waals surface area contributed by atoms with Crippen molar-refractivity contribution in [1.82, 2.24) is 10.3 Å². The van der Waals surface area contributed by atoms with Gasteiger partial charge in [0.25, 0.3) is 5.91 Å². The minimum Gasteiger partial charge on any atom is -0.464 e. The average Bonchev–Trinajstić information content (AvgIpc) is 3.03. The highest BCUT2D eigenvalue weighted by Gasteiger charge is 2.08. The molecule has 1 N–H and O–H groups in total. The zero-order valence-corrected chi connectivity index (χ0v) is 13.1. The van der Waals surface area contributed by atoms with Crippen molar-refractivity contribution in [2.75, 3.05) is 6.54 Å². The summed E-state index contributed by atoms with van der Waals surface area (Å²) in [7, 11) is 0. The summed E-state index contributed by atoms with van der Waals surface area (Å²) in [5.41, 5.74) is 1.36. The van der Waals surface area contributed by atoms with Crippen molar-refractivity contribution < 1.29 is 9.21 Å². The molecular weight excluding hydrogens is 264 g/mol. The summed E-state index contributed by atoms with van der Waals surface area (Å²) >= 11 is 0. The van der Waals surface area contributed by atoms with Gasteiger partial charge in [-0.05, 0) is 24.6 Å². The number of furan rings is 1. The second-order valence-corrected chi connectivity index (χ2v) is 4.76. The second-order valence-electron chi connectivity index (χ2n) is 4.76. The molecule has 0 saturated carbocycles. The van der Waals surface area contributed by atoms with E-state index in [2.05, 4.69) is 31.1 Å². The van der Waals surface area contributed by atoms with Crippen LogP contribution in [0.1, 0.15) is 50.4 Å². The van der Waals surface area contributed by atoms with Crippen molar-refractivity contribution in [3.8, 4) is 11.3 Å². The van der Waals surface area contributed by atoms with E-state index in [1.54, 1.807) is 24.7 Å². The Labute approximate surface area is 126 Å². The maximum atomic E-state index is 11.9. The van der Waals surface area contributed by atoms with Crippen molar-refractivity contribution in [3.05, 3.63) is 42.4 Å². The van der Waals surface area contributed by atoms with Gasteiger partial charge in [0, 0.05) is 24.5 Å². The van der Waals surface area contributed by atoms with E-state index >= 15 is 0 Å². The van der Waals surface area contributed by atoms with E-state index in [0.29, 0.717) is 17.9 Å². The van der Waals surface area contributed by atoms with Gasteiger partial charge in [0.2, 0.25) is 0 Å². The first-order valence-electron chi connectivity index (χ1n) is 7.50. The number of nitrogens with one attached hydrogen (secondary N) is 1. The minimum absolute atomic E-state index is 0.0932. The van der Waals surface area contributed by atoms with Gasteiger partial charge in [-0.15, -0.1) is 0 Å². The van der Waals surface area contributed by atoms with Crippen LogP contribution in [0.5, 0.6) is 0 Å². The molecule has 114 valence electrons. The Morgan fingerprint density at radius 1 is 1.29 bits per heavy atom. The maximum Gasteiger partial charge on any atom is 0.252 e. The van der Waals surface area contributed by atoms with E-state index < -0.39 is 0 Å². The maximum absolute atomic E-state index is 11.9. The molecule has 0 aliphatic carbocycles. The molecule has 0 spiro atoms. The van der Waals surface area contributed by atoms with Crippen LogP contribution in [0.25, 0.3) is 11.3 Å². The van der Waals surface area contributed by atoms with Crippen LogP contribution in [-0.2, 0) is 0 Å². The number of rotatable bonds is 5. The first kappa shape index (κ1) is 17.0. The molecule has 0 atom stereocenters. The molecule has 0 radical (unpaired) electrons. The number of hydrogen-bond donors (Lipinski definition) is 1. The number of pyridine rings is 1. The zero-order valence-electron chi connectivity index (χ0n) is 13.1. The first-order valence-corrected chi connectivity index (χ1v) is 7.50. The Morgan fingerprint density at radius 3 is 2.67 bits per heavy atom. The lowest BCUT2D eigenvalue weighted by Gasteiger charge is -2.04. The van der Waals surface area contributed by atoms with E-state index in [1.165, 1.54) is 6.42 Å². The minimum atomic E-state index is -0.0932. The molecule has 4 heteroatoms. The fraction of sp³-hybridized carbons (Fsp3) is 0.412. The van der Waals surface area contributed by atoms with Gasteiger partial charge in [-0.3, -0.25) is 9.78 Å². The van der Waals surface area contributed by atoms with Gasteiger partial charge in [-0.25, -0.2) is 0 Å². The monoisotopic (exact) mass is 288 g/mol. The van der Waals surface area contributed by atoms with Gasteiger partial charge < -0.3 is 9.73 Å². The van der Waals surface area contributed by atoms with E-state index in [4.69, 9.17) is 4.42 Å². The number of carbonyl (C=O) groups is 1. The number of nitrogens with zero attached hydrogens (tertiary/aromatic N) is 1. The molecule has 2 aromatic heterocycles. The summed E-state index contributed by atoms with van der Waals surface area (Å²) in [5.74, 6) is 0.620. The van der Waals surface area contributed by atoms with Crippen LogP contribution in [0.4, 0.5) is 0 Å². The molecule has 0 fully saturated rings. The summed E-state index contributed by atoms with van der Waals surface area (Å²) in [5, 5.41) is 2.86.